The molecule has 0 spiro atoms. The van der Waals surface area contributed by atoms with Gasteiger partial charge in [-0.1, -0.05) is 23.2 Å². The lowest BCUT2D eigenvalue weighted by atomic mass is 10.2. The number of fused-ring (bicyclic) bond motifs is 1. The molecule has 1 aromatic carbocycles. The zero-order valence-electron chi connectivity index (χ0n) is 10.7. The lowest BCUT2D eigenvalue weighted by molar-refractivity contribution is 0.0746. The van der Waals surface area contributed by atoms with Crippen LogP contribution < -0.4 is 0 Å². The average molecular weight is 310 g/mol. The molecule has 0 aliphatic carbocycles. The first-order chi connectivity index (χ1) is 9.65. The highest BCUT2D eigenvalue weighted by Gasteiger charge is 2.22. The van der Waals surface area contributed by atoms with Gasteiger partial charge in [0, 0.05) is 30.6 Å². The Balaban J connectivity index is 1.85. The third kappa shape index (κ3) is 2.56. The van der Waals surface area contributed by atoms with Crippen molar-refractivity contribution in [2.75, 3.05) is 6.54 Å². The first-order valence-electron chi connectivity index (χ1n) is 6.45. The molecule has 1 aliphatic rings. The summed E-state index contributed by atoms with van der Waals surface area (Å²) in [4.78, 5) is 14.4. The molecule has 0 saturated carbocycles. The fourth-order valence-electron chi connectivity index (χ4n) is 2.43. The molecule has 0 bridgehead atoms. The number of furan rings is 1. The molecule has 0 unspecified atom stereocenters. The minimum Gasteiger partial charge on any atom is -0.469 e. The number of nitrogens with zero attached hydrogens (tertiary/aromatic N) is 1. The maximum Gasteiger partial charge on any atom is 0.254 e. The molecule has 0 fully saturated rings. The molecule has 5 heteroatoms. The Kier molecular flexibility index (Phi) is 3.72. The Morgan fingerprint density at radius 3 is 2.85 bits per heavy atom. The smallest absolute Gasteiger partial charge is 0.254 e. The molecule has 1 aromatic heterocycles. The summed E-state index contributed by atoms with van der Waals surface area (Å²) >= 11 is 11.9. The van der Waals surface area contributed by atoms with Crippen LogP contribution in [0.4, 0.5) is 0 Å². The van der Waals surface area contributed by atoms with Gasteiger partial charge in [-0.25, -0.2) is 0 Å². The predicted molar refractivity (Wildman–Crippen MR) is 78.2 cm³/mol. The van der Waals surface area contributed by atoms with Gasteiger partial charge >= 0.3 is 0 Å². The van der Waals surface area contributed by atoms with E-state index in [1.807, 2.05) is 11.0 Å². The highest BCUT2D eigenvalue weighted by atomic mass is 35.5. The van der Waals surface area contributed by atoms with Crippen molar-refractivity contribution >= 4 is 29.1 Å². The van der Waals surface area contributed by atoms with Crippen LogP contribution in [0.15, 0.2) is 34.9 Å². The van der Waals surface area contributed by atoms with E-state index in [1.165, 1.54) is 0 Å². The normalized spacial score (nSPS) is 14.8. The predicted octanol–water partition coefficient (Wildman–Crippen LogP) is 4.18. The molecule has 104 valence electrons. The van der Waals surface area contributed by atoms with Gasteiger partial charge in [0.15, 0.2) is 0 Å². The third-order valence-corrected chi connectivity index (χ3v) is 4.22. The summed E-state index contributed by atoms with van der Waals surface area (Å²) in [6.07, 6.45) is 3.44. The highest BCUT2D eigenvalue weighted by molar-refractivity contribution is 6.42. The monoisotopic (exact) mass is 309 g/mol. The van der Waals surface area contributed by atoms with Crippen LogP contribution in [0.2, 0.25) is 10.0 Å². The Labute approximate surface area is 127 Å². The molecule has 0 radical (unpaired) electrons. The van der Waals surface area contributed by atoms with Gasteiger partial charge in [0.05, 0.1) is 16.3 Å². The quantitative estimate of drug-likeness (QED) is 0.792. The maximum absolute atomic E-state index is 12.5. The minimum absolute atomic E-state index is 0.0300. The Morgan fingerprint density at radius 2 is 2.05 bits per heavy atom. The van der Waals surface area contributed by atoms with Gasteiger partial charge in [-0.3, -0.25) is 4.79 Å². The lowest BCUT2D eigenvalue weighted by Gasteiger charge is -2.20. The summed E-state index contributed by atoms with van der Waals surface area (Å²) in [5, 5.41) is 0.854. The van der Waals surface area contributed by atoms with Crippen LogP contribution in [-0.4, -0.2) is 17.4 Å². The van der Waals surface area contributed by atoms with Gasteiger partial charge in [-0.15, -0.1) is 0 Å². The number of rotatable bonds is 1. The van der Waals surface area contributed by atoms with Gasteiger partial charge in [0.25, 0.3) is 5.91 Å². The second-order valence-electron chi connectivity index (χ2n) is 4.83. The Morgan fingerprint density at radius 1 is 1.20 bits per heavy atom. The molecule has 0 N–H and O–H groups in total. The van der Waals surface area contributed by atoms with Crippen molar-refractivity contribution in [3.8, 4) is 0 Å². The molecular formula is C15H13Cl2NO2. The van der Waals surface area contributed by atoms with Crippen molar-refractivity contribution < 1.29 is 9.21 Å². The number of hydrogen-bond acceptors (Lipinski definition) is 2. The maximum atomic E-state index is 12.5. The van der Waals surface area contributed by atoms with Crippen molar-refractivity contribution in [3.05, 3.63) is 57.5 Å². The SMILES string of the molecule is O=C(c1ccc(Cl)c(Cl)c1)N1CCCc2occc2C1. The van der Waals surface area contributed by atoms with Crippen molar-refractivity contribution in [1.29, 1.82) is 0 Å². The van der Waals surface area contributed by atoms with E-state index in [0.29, 0.717) is 28.7 Å². The van der Waals surface area contributed by atoms with Crippen LogP contribution in [0.3, 0.4) is 0 Å². The second kappa shape index (κ2) is 5.51. The van der Waals surface area contributed by atoms with E-state index in [1.54, 1.807) is 24.5 Å². The number of benzene rings is 1. The van der Waals surface area contributed by atoms with Crippen LogP contribution >= 0.6 is 23.2 Å². The highest BCUT2D eigenvalue weighted by Crippen LogP contribution is 2.25. The van der Waals surface area contributed by atoms with Crippen LogP contribution in [0.5, 0.6) is 0 Å². The zero-order valence-corrected chi connectivity index (χ0v) is 12.2. The number of amides is 1. The Hall–Kier alpha value is -1.45. The number of hydrogen-bond donors (Lipinski definition) is 0. The Bertz CT molecular complexity index is 651. The molecule has 20 heavy (non-hydrogen) atoms. The number of aryl methyl sites for hydroxylation is 1. The molecule has 0 saturated heterocycles. The van der Waals surface area contributed by atoms with E-state index in [2.05, 4.69) is 0 Å². The fraction of sp³-hybridized carbons (Fsp3) is 0.267. The molecule has 3 nitrogen and oxygen atoms in total. The first kappa shape index (κ1) is 13.5. The lowest BCUT2D eigenvalue weighted by Crippen LogP contribution is -2.30. The van der Waals surface area contributed by atoms with Crippen molar-refractivity contribution in [3.63, 3.8) is 0 Å². The number of carbonyl (C=O) groups is 1. The van der Waals surface area contributed by atoms with Gasteiger partial charge in [-0.2, -0.15) is 0 Å². The van der Waals surface area contributed by atoms with E-state index in [-0.39, 0.29) is 5.91 Å². The summed E-state index contributed by atoms with van der Waals surface area (Å²) in [6, 6.07) is 6.90. The van der Waals surface area contributed by atoms with Crippen molar-refractivity contribution in [2.45, 2.75) is 19.4 Å². The fourth-order valence-corrected chi connectivity index (χ4v) is 2.73. The van der Waals surface area contributed by atoms with E-state index >= 15 is 0 Å². The van der Waals surface area contributed by atoms with Crippen LogP contribution in [0.1, 0.15) is 28.1 Å². The minimum atomic E-state index is -0.0300. The van der Waals surface area contributed by atoms with Crippen molar-refractivity contribution in [2.24, 2.45) is 0 Å². The van der Waals surface area contributed by atoms with Crippen LogP contribution in [0.25, 0.3) is 0 Å². The third-order valence-electron chi connectivity index (χ3n) is 3.48. The van der Waals surface area contributed by atoms with Gasteiger partial charge in [-0.05, 0) is 30.7 Å². The van der Waals surface area contributed by atoms with E-state index in [4.69, 9.17) is 27.6 Å². The topological polar surface area (TPSA) is 33.5 Å². The second-order valence-corrected chi connectivity index (χ2v) is 5.64. The largest absolute Gasteiger partial charge is 0.469 e. The zero-order chi connectivity index (χ0) is 14.1. The van der Waals surface area contributed by atoms with E-state index in [0.717, 1.165) is 24.2 Å². The molecule has 1 aliphatic heterocycles. The van der Waals surface area contributed by atoms with Gasteiger partial charge < -0.3 is 9.32 Å². The molecular weight excluding hydrogens is 297 g/mol. The summed E-state index contributed by atoms with van der Waals surface area (Å²) < 4.78 is 5.43. The van der Waals surface area contributed by atoms with E-state index in [9.17, 15) is 4.79 Å². The summed E-state index contributed by atoms with van der Waals surface area (Å²) in [5.41, 5.74) is 1.64. The summed E-state index contributed by atoms with van der Waals surface area (Å²) in [6.45, 7) is 1.29. The molecule has 2 heterocycles. The van der Waals surface area contributed by atoms with Crippen LogP contribution in [-0.2, 0) is 13.0 Å². The van der Waals surface area contributed by atoms with Gasteiger partial charge in [0.2, 0.25) is 0 Å². The molecule has 3 rings (SSSR count). The molecule has 1 amide bonds. The first-order valence-corrected chi connectivity index (χ1v) is 7.20. The summed E-state index contributed by atoms with van der Waals surface area (Å²) in [7, 11) is 0. The van der Waals surface area contributed by atoms with Gasteiger partial charge in [0.1, 0.15) is 5.76 Å². The van der Waals surface area contributed by atoms with Crippen LogP contribution in [0, 0.1) is 0 Å². The molecule has 0 atom stereocenters. The van der Waals surface area contributed by atoms with E-state index < -0.39 is 0 Å². The van der Waals surface area contributed by atoms with Crippen molar-refractivity contribution in [1.82, 2.24) is 4.90 Å². The standard InChI is InChI=1S/C15H13Cl2NO2/c16-12-4-3-10(8-13(12)17)15(19)18-6-1-2-14-11(9-18)5-7-20-14/h3-5,7-8H,1-2,6,9H2. The summed E-state index contributed by atoms with van der Waals surface area (Å²) in [5.74, 6) is 0.951. The number of carbonyl (C=O) groups excluding carboxylic acids is 1. The average Bonchev–Trinajstić information content (AvgIpc) is 2.78. The molecule has 2 aromatic rings. The number of halogens is 2.